The number of amides is 3. The zero-order valence-electron chi connectivity index (χ0n) is 30.8. The van der Waals surface area contributed by atoms with Crippen molar-refractivity contribution in [1.29, 1.82) is 0 Å². The van der Waals surface area contributed by atoms with Gasteiger partial charge in [0.05, 0.1) is 17.8 Å². The average molecular weight is 784 g/mol. The number of nitrogens with one attached hydrogen (secondary N) is 2. The number of benzene rings is 2. The first kappa shape index (κ1) is 38.6. The number of likely N-dealkylation sites (tertiary alicyclic amines) is 2. The predicted octanol–water partition coefficient (Wildman–Crippen LogP) is 5.28. The summed E-state index contributed by atoms with van der Waals surface area (Å²) in [5.74, 6) is -2.19. The van der Waals surface area contributed by atoms with Crippen molar-refractivity contribution in [1.82, 2.24) is 24.9 Å². The molecule has 0 saturated carbocycles. The van der Waals surface area contributed by atoms with E-state index in [9.17, 15) is 32.3 Å². The summed E-state index contributed by atoms with van der Waals surface area (Å²) in [6, 6.07) is 12.5. The Bertz CT molecular complexity index is 1990. The first-order valence-corrected chi connectivity index (χ1v) is 19.1. The lowest BCUT2D eigenvalue weighted by molar-refractivity contribution is -0.275. The number of alkyl halides is 3. The molecule has 4 aliphatic rings. The van der Waals surface area contributed by atoms with E-state index in [0.29, 0.717) is 43.1 Å². The third-order valence-electron chi connectivity index (χ3n) is 11.8. The Morgan fingerprint density at radius 2 is 1.67 bits per heavy atom. The molecule has 1 aromatic heterocycles. The number of anilines is 2. The molecule has 2 N–H and O–H groups in total. The number of ether oxygens (including phenoxy) is 1. The first-order chi connectivity index (χ1) is 26.2. The number of halogens is 4. The number of carbonyl (C=O) groups excluding carboxylic acids is 3. The van der Waals surface area contributed by atoms with Crippen molar-refractivity contribution in [2.75, 3.05) is 56.5 Å². The molecule has 4 fully saturated rings. The summed E-state index contributed by atoms with van der Waals surface area (Å²) in [7, 11) is 3.62. The SMILES string of the molecule is CN1C[C@H](Nc2cnn(C)c(=O)c2Cl)C[C@H](c2ccc(C(=O)N3CCC4(CC3)CCN(c3ccc(C5CCC(=O)NC5=O)c(OC(F)(F)F)c3)CC4)cc2)C1. The Morgan fingerprint density at radius 3 is 2.35 bits per heavy atom. The van der Waals surface area contributed by atoms with Crippen LogP contribution in [-0.2, 0) is 16.6 Å². The zero-order chi connectivity index (χ0) is 39.1. The van der Waals surface area contributed by atoms with E-state index in [0.717, 1.165) is 50.8 Å². The van der Waals surface area contributed by atoms with Crippen LogP contribution in [0.2, 0.25) is 5.02 Å². The van der Waals surface area contributed by atoms with E-state index in [1.54, 1.807) is 19.3 Å². The predicted molar refractivity (Wildman–Crippen MR) is 200 cm³/mol. The second-order valence-corrected chi connectivity index (χ2v) is 15.8. The van der Waals surface area contributed by atoms with E-state index in [2.05, 4.69) is 32.4 Å². The molecule has 0 aliphatic carbocycles. The number of imide groups is 1. The van der Waals surface area contributed by atoms with Crippen LogP contribution >= 0.6 is 11.6 Å². The number of aryl methyl sites for hydroxylation is 1. The molecule has 3 aromatic rings. The lowest BCUT2D eigenvalue weighted by atomic mass is 9.71. The summed E-state index contributed by atoms with van der Waals surface area (Å²) in [6.45, 7) is 4.18. The standard InChI is InChI=1S/C39H45ClF3N7O5/c1-47-22-26(19-27(23-47)45-31-21-44-48(2)37(54)34(31)40)24-3-5-25(6-4-24)36(53)50-17-13-38(14-18-50)11-15-49(16-12-38)28-7-8-29(32(20-28)55-39(41,42)43)30-9-10-33(51)46-35(30)52/h3-8,20-21,26-27,30,45H,9-19,22-23H2,1-2H3,(H,46,51,52)/t26-,27+,30?/m0/s1. The van der Waals surface area contributed by atoms with Crippen molar-refractivity contribution in [3.63, 3.8) is 0 Å². The number of carbonyl (C=O) groups is 3. The Balaban J connectivity index is 0.935. The molecule has 55 heavy (non-hydrogen) atoms. The van der Waals surface area contributed by atoms with Gasteiger partial charge in [0, 0.05) is 81.7 Å². The van der Waals surface area contributed by atoms with Crippen LogP contribution in [0.4, 0.5) is 24.5 Å². The van der Waals surface area contributed by atoms with Crippen LogP contribution in [0.25, 0.3) is 0 Å². The lowest BCUT2D eigenvalue weighted by Gasteiger charge is -2.47. The maximum atomic E-state index is 13.6. The minimum absolute atomic E-state index is 0.000221. The first-order valence-electron chi connectivity index (χ1n) is 18.7. The number of likely N-dealkylation sites (N-methyl/N-ethyl adjacent to an activating group) is 1. The fourth-order valence-electron chi connectivity index (χ4n) is 8.71. The highest BCUT2D eigenvalue weighted by atomic mass is 35.5. The van der Waals surface area contributed by atoms with Crippen LogP contribution in [0.5, 0.6) is 5.75 Å². The number of rotatable bonds is 7. The van der Waals surface area contributed by atoms with E-state index in [1.165, 1.54) is 16.8 Å². The average Bonchev–Trinajstić information content (AvgIpc) is 3.15. The molecule has 1 spiro atoms. The highest BCUT2D eigenvalue weighted by Crippen LogP contribution is 2.44. The lowest BCUT2D eigenvalue weighted by Crippen LogP contribution is -2.48. The Kier molecular flexibility index (Phi) is 10.9. The summed E-state index contributed by atoms with van der Waals surface area (Å²) in [6.07, 6.45) is 0.973. The van der Waals surface area contributed by atoms with Crippen LogP contribution in [0.15, 0.2) is 53.5 Å². The highest BCUT2D eigenvalue weighted by Gasteiger charge is 2.40. The van der Waals surface area contributed by atoms with Gasteiger partial charge in [-0.1, -0.05) is 29.8 Å². The topological polar surface area (TPSA) is 129 Å². The van der Waals surface area contributed by atoms with Gasteiger partial charge in [-0.15, -0.1) is 13.2 Å². The van der Waals surface area contributed by atoms with Gasteiger partial charge < -0.3 is 24.8 Å². The molecule has 16 heteroatoms. The minimum Gasteiger partial charge on any atom is -0.405 e. The van der Waals surface area contributed by atoms with E-state index in [4.69, 9.17) is 11.6 Å². The van der Waals surface area contributed by atoms with Crippen molar-refractivity contribution >= 4 is 40.7 Å². The second kappa shape index (κ2) is 15.5. The maximum absolute atomic E-state index is 13.6. The quantitative estimate of drug-likeness (QED) is 0.308. The van der Waals surface area contributed by atoms with E-state index < -0.39 is 29.8 Å². The van der Waals surface area contributed by atoms with Gasteiger partial charge in [0.2, 0.25) is 11.8 Å². The van der Waals surface area contributed by atoms with Crippen molar-refractivity contribution in [3.05, 3.63) is 80.7 Å². The van der Waals surface area contributed by atoms with Crippen molar-refractivity contribution in [2.24, 2.45) is 12.5 Å². The summed E-state index contributed by atoms with van der Waals surface area (Å²) < 4.78 is 45.9. The van der Waals surface area contributed by atoms with Gasteiger partial charge in [-0.3, -0.25) is 24.5 Å². The third-order valence-corrected chi connectivity index (χ3v) is 12.2. The van der Waals surface area contributed by atoms with Gasteiger partial charge in [0.1, 0.15) is 10.8 Å². The molecule has 5 heterocycles. The smallest absolute Gasteiger partial charge is 0.405 e. The van der Waals surface area contributed by atoms with Crippen LogP contribution in [-0.4, -0.2) is 96.0 Å². The van der Waals surface area contributed by atoms with Crippen LogP contribution in [0, 0.1) is 5.41 Å². The number of hydrogen-bond acceptors (Lipinski definition) is 9. The number of hydrogen-bond donors (Lipinski definition) is 2. The zero-order valence-corrected chi connectivity index (χ0v) is 31.6. The molecular weight excluding hydrogens is 739 g/mol. The number of nitrogens with zero attached hydrogens (tertiary/aromatic N) is 5. The summed E-state index contributed by atoms with van der Waals surface area (Å²) >= 11 is 6.31. The fraction of sp³-hybridized carbons (Fsp3) is 0.513. The van der Waals surface area contributed by atoms with Crippen molar-refractivity contribution in [3.8, 4) is 5.75 Å². The molecule has 2 aromatic carbocycles. The molecule has 7 rings (SSSR count). The molecule has 3 atom stereocenters. The molecule has 0 bridgehead atoms. The molecule has 12 nitrogen and oxygen atoms in total. The van der Waals surface area contributed by atoms with Gasteiger partial charge in [-0.25, -0.2) is 4.68 Å². The molecule has 4 aliphatic heterocycles. The van der Waals surface area contributed by atoms with Crippen LogP contribution in [0.1, 0.15) is 78.3 Å². The third kappa shape index (κ3) is 8.62. The molecule has 0 radical (unpaired) electrons. The number of piperidine rings is 4. The van der Waals surface area contributed by atoms with Crippen LogP contribution in [0.3, 0.4) is 0 Å². The normalized spacial score (nSPS) is 23.4. The van der Waals surface area contributed by atoms with Gasteiger partial charge in [0.25, 0.3) is 11.5 Å². The minimum atomic E-state index is -4.94. The monoisotopic (exact) mass is 783 g/mol. The van der Waals surface area contributed by atoms with Gasteiger partial charge in [0.15, 0.2) is 0 Å². The van der Waals surface area contributed by atoms with Crippen molar-refractivity contribution < 1.29 is 32.3 Å². The van der Waals surface area contributed by atoms with E-state index in [1.807, 2.05) is 34.1 Å². The van der Waals surface area contributed by atoms with Gasteiger partial charge in [-0.05, 0) is 80.7 Å². The summed E-state index contributed by atoms with van der Waals surface area (Å²) in [5, 5.41) is 9.82. The largest absolute Gasteiger partial charge is 0.573 e. The maximum Gasteiger partial charge on any atom is 0.573 e. The van der Waals surface area contributed by atoms with Gasteiger partial charge in [-0.2, -0.15) is 5.10 Å². The van der Waals surface area contributed by atoms with Crippen LogP contribution < -0.4 is 25.8 Å². The fourth-order valence-corrected chi connectivity index (χ4v) is 8.94. The van der Waals surface area contributed by atoms with E-state index >= 15 is 0 Å². The Labute approximate surface area is 321 Å². The van der Waals surface area contributed by atoms with Gasteiger partial charge >= 0.3 is 6.36 Å². The summed E-state index contributed by atoms with van der Waals surface area (Å²) in [4.78, 5) is 56.2. The summed E-state index contributed by atoms with van der Waals surface area (Å²) in [5.41, 5.74) is 2.67. The van der Waals surface area contributed by atoms with Crippen molar-refractivity contribution in [2.45, 2.75) is 69.2 Å². The number of aromatic nitrogens is 2. The molecular formula is C39H45ClF3N7O5. The second-order valence-electron chi connectivity index (χ2n) is 15.5. The Hall–Kier alpha value is -4.63. The molecule has 294 valence electrons. The van der Waals surface area contributed by atoms with E-state index in [-0.39, 0.29) is 52.3 Å². The molecule has 1 unspecified atom stereocenters. The molecule has 4 saturated heterocycles. The highest BCUT2D eigenvalue weighted by molar-refractivity contribution is 6.32. The molecule has 3 amide bonds. The Morgan fingerprint density at radius 1 is 0.982 bits per heavy atom.